The van der Waals surface area contributed by atoms with E-state index in [2.05, 4.69) is 26.9 Å². The number of halogens is 1. The summed E-state index contributed by atoms with van der Waals surface area (Å²) < 4.78 is 12.5. The van der Waals surface area contributed by atoms with Crippen molar-refractivity contribution in [2.75, 3.05) is 19.5 Å². The Balaban J connectivity index is 1.80. The Kier molecular flexibility index (Phi) is 4.22. The molecule has 132 valence electrons. The van der Waals surface area contributed by atoms with E-state index < -0.39 is 0 Å². The molecule has 0 saturated heterocycles. The van der Waals surface area contributed by atoms with Gasteiger partial charge in [0.15, 0.2) is 11.5 Å². The van der Waals surface area contributed by atoms with Crippen LogP contribution in [-0.4, -0.2) is 34.4 Å². The van der Waals surface area contributed by atoms with E-state index in [1.54, 1.807) is 18.9 Å². The number of tetrazole rings is 1. The van der Waals surface area contributed by atoms with E-state index in [1.165, 1.54) is 0 Å². The van der Waals surface area contributed by atoms with E-state index in [1.807, 2.05) is 42.5 Å². The van der Waals surface area contributed by atoms with Crippen molar-refractivity contribution in [3.63, 3.8) is 0 Å². The molecular formula is C18H16ClN5O2. The van der Waals surface area contributed by atoms with Crippen molar-refractivity contribution in [3.05, 3.63) is 64.7 Å². The summed E-state index contributed by atoms with van der Waals surface area (Å²) >= 11 is 6.00. The summed E-state index contributed by atoms with van der Waals surface area (Å²) in [5, 5.41) is 15.9. The van der Waals surface area contributed by atoms with E-state index in [4.69, 9.17) is 21.1 Å². The normalized spacial score (nSPS) is 15.7. The van der Waals surface area contributed by atoms with Gasteiger partial charge in [-0.25, -0.2) is 0 Å². The summed E-state index contributed by atoms with van der Waals surface area (Å²) in [5.41, 5.74) is 2.88. The Morgan fingerprint density at radius 1 is 1.04 bits per heavy atom. The van der Waals surface area contributed by atoms with Crippen LogP contribution in [0.5, 0.6) is 11.5 Å². The number of methoxy groups -OCH3 is 2. The van der Waals surface area contributed by atoms with Crippen molar-refractivity contribution in [1.29, 1.82) is 0 Å². The molecule has 4 rings (SSSR count). The molecule has 0 amide bonds. The van der Waals surface area contributed by atoms with Gasteiger partial charge in [0.1, 0.15) is 6.04 Å². The molecule has 26 heavy (non-hydrogen) atoms. The average Bonchev–Trinajstić information content (AvgIpc) is 3.16. The Morgan fingerprint density at radius 2 is 1.81 bits per heavy atom. The van der Waals surface area contributed by atoms with Gasteiger partial charge in [0, 0.05) is 10.7 Å². The molecular weight excluding hydrogens is 354 g/mol. The van der Waals surface area contributed by atoms with Gasteiger partial charge in [0.05, 0.1) is 14.2 Å². The largest absolute Gasteiger partial charge is 0.493 e. The van der Waals surface area contributed by atoms with Crippen LogP contribution in [0.2, 0.25) is 5.02 Å². The fraction of sp³-hybridized carbons (Fsp3) is 0.167. The molecule has 2 heterocycles. The summed E-state index contributed by atoms with van der Waals surface area (Å²) in [6.07, 6.45) is 2.06. The van der Waals surface area contributed by atoms with Crippen LogP contribution in [0.25, 0.3) is 5.70 Å². The second-order valence-corrected chi connectivity index (χ2v) is 6.15. The van der Waals surface area contributed by atoms with Crippen LogP contribution < -0.4 is 14.8 Å². The second kappa shape index (κ2) is 6.68. The van der Waals surface area contributed by atoms with Crippen molar-refractivity contribution in [2.45, 2.75) is 6.04 Å². The number of allylic oxidation sites excluding steroid dienone is 1. The van der Waals surface area contributed by atoms with Crippen LogP contribution in [0, 0.1) is 0 Å². The minimum absolute atomic E-state index is 0.188. The predicted octanol–water partition coefficient (Wildman–Crippen LogP) is 3.40. The number of ether oxygens (including phenoxy) is 2. The minimum Gasteiger partial charge on any atom is -0.493 e. The number of benzene rings is 2. The maximum Gasteiger partial charge on any atom is 0.248 e. The lowest BCUT2D eigenvalue weighted by molar-refractivity contribution is 0.354. The van der Waals surface area contributed by atoms with Gasteiger partial charge in [0.25, 0.3) is 0 Å². The number of hydrogen-bond donors (Lipinski definition) is 1. The van der Waals surface area contributed by atoms with Crippen LogP contribution >= 0.6 is 11.6 Å². The zero-order chi connectivity index (χ0) is 18.1. The predicted molar refractivity (Wildman–Crippen MR) is 98.6 cm³/mol. The molecule has 1 aliphatic rings. The smallest absolute Gasteiger partial charge is 0.248 e. The highest BCUT2D eigenvalue weighted by Gasteiger charge is 2.25. The SMILES string of the molecule is COc1ccc([C@H]2C=C(c3ccc(Cl)cc3)Nc3nnnn32)cc1OC. The van der Waals surface area contributed by atoms with Crippen LogP contribution in [0.15, 0.2) is 48.5 Å². The monoisotopic (exact) mass is 369 g/mol. The molecule has 3 aromatic rings. The van der Waals surface area contributed by atoms with Gasteiger partial charge in [-0.05, 0) is 51.9 Å². The van der Waals surface area contributed by atoms with Crippen LogP contribution in [-0.2, 0) is 0 Å². The first kappa shape index (κ1) is 16.4. The van der Waals surface area contributed by atoms with Crippen LogP contribution in [0.3, 0.4) is 0 Å². The van der Waals surface area contributed by atoms with Crippen molar-refractivity contribution < 1.29 is 9.47 Å². The Labute approximate surface area is 155 Å². The zero-order valence-corrected chi connectivity index (χ0v) is 14.9. The molecule has 0 aliphatic carbocycles. The third-order valence-electron chi connectivity index (χ3n) is 4.23. The van der Waals surface area contributed by atoms with E-state index in [9.17, 15) is 0 Å². The molecule has 0 saturated carbocycles. The highest BCUT2D eigenvalue weighted by Crippen LogP contribution is 2.36. The number of rotatable bonds is 4. The summed E-state index contributed by atoms with van der Waals surface area (Å²) in [6.45, 7) is 0. The van der Waals surface area contributed by atoms with E-state index >= 15 is 0 Å². The fourth-order valence-electron chi connectivity index (χ4n) is 2.93. The summed E-state index contributed by atoms with van der Waals surface area (Å²) in [4.78, 5) is 0. The quantitative estimate of drug-likeness (QED) is 0.759. The van der Waals surface area contributed by atoms with E-state index in [-0.39, 0.29) is 6.04 Å². The van der Waals surface area contributed by atoms with Gasteiger partial charge in [-0.1, -0.05) is 34.9 Å². The lowest BCUT2D eigenvalue weighted by Crippen LogP contribution is -2.20. The average molecular weight is 370 g/mol. The third-order valence-corrected chi connectivity index (χ3v) is 4.48. The molecule has 8 heteroatoms. The second-order valence-electron chi connectivity index (χ2n) is 5.72. The van der Waals surface area contributed by atoms with Crippen LogP contribution in [0.4, 0.5) is 5.95 Å². The molecule has 0 bridgehead atoms. The molecule has 7 nitrogen and oxygen atoms in total. The first-order chi connectivity index (χ1) is 12.7. The van der Waals surface area contributed by atoms with Gasteiger partial charge in [-0.2, -0.15) is 4.68 Å². The highest BCUT2D eigenvalue weighted by atomic mass is 35.5. The van der Waals surface area contributed by atoms with Crippen molar-refractivity contribution >= 4 is 23.2 Å². The van der Waals surface area contributed by atoms with Crippen LogP contribution in [0.1, 0.15) is 17.2 Å². The minimum atomic E-state index is -0.188. The number of nitrogens with one attached hydrogen (secondary N) is 1. The summed E-state index contributed by atoms with van der Waals surface area (Å²) in [5.74, 6) is 1.89. The molecule has 1 aromatic heterocycles. The lowest BCUT2D eigenvalue weighted by atomic mass is 10.0. The van der Waals surface area contributed by atoms with Crippen molar-refractivity contribution in [2.24, 2.45) is 0 Å². The van der Waals surface area contributed by atoms with Crippen molar-refractivity contribution in [1.82, 2.24) is 20.2 Å². The Morgan fingerprint density at radius 3 is 2.54 bits per heavy atom. The van der Waals surface area contributed by atoms with Gasteiger partial charge in [0.2, 0.25) is 5.95 Å². The number of hydrogen-bond acceptors (Lipinski definition) is 6. The molecule has 0 radical (unpaired) electrons. The first-order valence-electron chi connectivity index (χ1n) is 7.94. The van der Waals surface area contributed by atoms with Gasteiger partial charge >= 0.3 is 0 Å². The lowest BCUT2D eigenvalue weighted by Gasteiger charge is -2.24. The number of anilines is 1. The number of aromatic nitrogens is 4. The van der Waals surface area contributed by atoms with Gasteiger partial charge in [-0.15, -0.1) is 0 Å². The first-order valence-corrected chi connectivity index (χ1v) is 8.32. The van der Waals surface area contributed by atoms with Crippen molar-refractivity contribution in [3.8, 4) is 11.5 Å². The molecule has 2 aromatic carbocycles. The van der Waals surface area contributed by atoms with E-state index in [0.717, 1.165) is 16.8 Å². The molecule has 1 N–H and O–H groups in total. The summed E-state index contributed by atoms with van der Waals surface area (Å²) in [7, 11) is 3.22. The van der Waals surface area contributed by atoms with Gasteiger partial charge in [-0.3, -0.25) is 0 Å². The Hall–Kier alpha value is -3.06. The fourth-order valence-corrected chi connectivity index (χ4v) is 3.05. The van der Waals surface area contributed by atoms with E-state index in [0.29, 0.717) is 22.5 Å². The molecule has 0 fully saturated rings. The topological polar surface area (TPSA) is 74.1 Å². The zero-order valence-electron chi connectivity index (χ0n) is 14.2. The standard InChI is InChI=1S/C18H16ClN5O2/c1-25-16-8-5-12(9-17(16)26-2)15-10-14(11-3-6-13(19)7-4-11)20-18-21-22-23-24(15)18/h3-10,15H,1-2H3,(H,20,21,23)/t15-/m1/s1. The molecule has 1 aliphatic heterocycles. The molecule has 1 atom stereocenters. The Bertz CT molecular complexity index is 968. The van der Waals surface area contributed by atoms with Gasteiger partial charge < -0.3 is 14.8 Å². The summed E-state index contributed by atoms with van der Waals surface area (Å²) in [6, 6.07) is 13.2. The molecule has 0 spiro atoms. The molecule has 0 unspecified atom stereocenters. The third kappa shape index (κ3) is 2.86. The number of nitrogens with zero attached hydrogens (tertiary/aromatic N) is 4. The maximum atomic E-state index is 6.00. The highest BCUT2D eigenvalue weighted by molar-refractivity contribution is 6.30. The maximum absolute atomic E-state index is 6.00. The number of fused-ring (bicyclic) bond motifs is 1.